The van der Waals surface area contributed by atoms with E-state index in [0.717, 1.165) is 60.3 Å². The van der Waals surface area contributed by atoms with Gasteiger partial charge >= 0.3 is 6.09 Å². The van der Waals surface area contributed by atoms with Gasteiger partial charge in [0.1, 0.15) is 11.4 Å². The molecular formula is C29H35ClN10O2S. The Morgan fingerprint density at radius 1 is 1.02 bits per heavy atom. The predicted octanol–water partition coefficient (Wildman–Crippen LogP) is 4.69. The molecule has 6 heterocycles. The van der Waals surface area contributed by atoms with Crippen LogP contribution in [0, 0.1) is 5.41 Å². The summed E-state index contributed by atoms with van der Waals surface area (Å²) >= 11 is 7.86. The van der Waals surface area contributed by atoms with Crippen molar-refractivity contribution in [1.29, 1.82) is 0 Å². The minimum Gasteiger partial charge on any atom is -0.444 e. The average Bonchev–Trinajstić information content (AvgIpc) is 3.48. The Labute approximate surface area is 259 Å². The zero-order chi connectivity index (χ0) is 30.2. The molecule has 226 valence electrons. The minimum absolute atomic E-state index is 0.0967. The third-order valence-electron chi connectivity index (χ3n) is 8.06. The van der Waals surface area contributed by atoms with Crippen LogP contribution in [0.5, 0.6) is 0 Å². The van der Waals surface area contributed by atoms with Gasteiger partial charge in [-0.25, -0.2) is 29.7 Å². The van der Waals surface area contributed by atoms with Gasteiger partial charge in [0.25, 0.3) is 0 Å². The van der Waals surface area contributed by atoms with Crippen molar-refractivity contribution >= 4 is 52.8 Å². The van der Waals surface area contributed by atoms with Crippen LogP contribution in [-0.2, 0) is 4.74 Å². The van der Waals surface area contributed by atoms with Crippen molar-refractivity contribution in [3.05, 3.63) is 54.3 Å². The Morgan fingerprint density at radius 3 is 2.47 bits per heavy atom. The fourth-order valence-electron chi connectivity index (χ4n) is 5.90. The van der Waals surface area contributed by atoms with Crippen LogP contribution in [0.15, 0.2) is 59.1 Å². The number of hydrogen-bond acceptors (Lipinski definition) is 11. The Hall–Kier alpha value is -3.84. The molecule has 4 aromatic rings. The lowest BCUT2D eigenvalue weighted by Gasteiger charge is -2.51. The molecule has 0 bridgehead atoms. The molecule has 1 amide bonds. The van der Waals surface area contributed by atoms with Crippen molar-refractivity contribution in [2.75, 3.05) is 41.7 Å². The summed E-state index contributed by atoms with van der Waals surface area (Å²) < 4.78 is 7.68. The number of pyridine rings is 1. The van der Waals surface area contributed by atoms with Gasteiger partial charge in [-0.05, 0) is 57.6 Å². The molecule has 0 radical (unpaired) electrons. The molecule has 6 rings (SSSR count). The summed E-state index contributed by atoms with van der Waals surface area (Å²) in [5.74, 6) is 1.80. The molecule has 0 aliphatic carbocycles. The number of amides is 1. The standard InChI is InChI=1S/C29H35ClN10O2S/c1-28(2,3)42-27(41)37-21-18-39(25-34-9-4-10-35-25)15-8-29(21)6-13-38(14-7-29)26-36-17-20(24-33-12-16-40(24)26)43-19-5-11-32-23(31)22(19)30/h4-5,9-12,16-17,21H,6-8,13-15,18H2,1-3H3,(H2,31,32)(H,37,41). The second-order valence-electron chi connectivity index (χ2n) is 11.9. The maximum Gasteiger partial charge on any atom is 0.407 e. The predicted molar refractivity (Wildman–Crippen MR) is 167 cm³/mol. The molecule has 1 spiro atoms. The van der Waals surface area contributed by atoms with E-state index >= 15 is 0 Å². The van der Waals surface area contributed by atoms with E-state index in [9.17, 15) is 4.79 Å². The maximum absolute atomic E-state index is 13.0. The highest BCUT2D eigenvalue weighted by Gasteiger charge is 2.47. The molecule has 12 nitrogen and oxygen atoms in total. The molecule has 2 aliphatic rings. The number of halogens is 1. The molecular weight excluding hydrogens is 588 g/mol. The number of nitrogens with zero attached hydrogens (tertiary/aromatic N) is 8. The average molecular weight is 623 g/mol. The van der Waals surface area contributed by atoms with Crippen molar-refractivity contribution in [1.82, 2.24) is 34.6 Å². The number of piperidine rings is 2. The van der Waals surface area contributed by atoms with E-state index in [4.69, 9.17) is 27.1 Å². The van der Waals surface area contributed by atoms with Gasteiger partial charge < -0.3 is 25.6 Å². The topological polar surface area (TPSA) is 140 Å². The fourth-order valence-corrected chi connectivity index (χ4v) is 7.04. The van der Waals surface area contributed by atoms with Crippen molar-refractivity contribution in [3.63, 3.8) is 0 Å². The second-order valence-corrected chi connectivity index (χ2v) is 13.4. The van der Waals surface area contributed by atoms with Crippen molar-refractivity contribution in [2.24, 2.45) is 5.41 Å². The van der Waals surface area contributed by atoms with Gasteiger partial charge in [0, 0.05) is 68.3 Å². The van der Waals surface area contributed by atoms with E-state index in [1.54, 1.807) is 24.8 Å². The van der Waals surface area contributed by atoms with Gasteiger partial charge in [0.05, 0.1) is 16.0 Å². The molecule has 2 aliphatic heterocycles. The smallest absolute Gasteiger partial charge is 0.407 e. The van der Waals surface area contributed by atoms with Crippen LogP contribution in [-0.4, -0.2) is 73.2 Å². The molecule has 0 saturated carbocycles. The van der Waals surface area contributed by atoms with Gasteiger partial charge in [-0.2, -0.15) is 0 Å². The van der Waals surface area contributed by atoms with Gasteiger partial charge in [0.15, 0.2) is 5.65 Å². The largest absolute Gasteiger partial charge is 0.444 e. The number of ether oxygens (including phenoxy) is 1. The third kappa shape index (κ3) is 6.14. The van der Waals surface area contributed by atoms with Gasteiger partial charge in [-0.1, -0.05) is 23.4 Å². The summed E-state index contributed by atoms with van der Waals surface area (Å²) in [7, 11) is 0. The van der Waals surface area contributed by atoms with Crippen LogP contribution in [0.3, 0.4) is 0 Å². The SMILES string of the molecule is CC(C)(C)OC(=O)NC1CN(c2ncccn2)CCC12CCN(c1ncc(Sc3ccnc(N)c3Cl)c3nccn13)CC2. The number of rotatable bonds is 5. The minimum atomic E-state index is -0.584. The van der Waals surface area contributed by atoms with Crippen LogP contribution in [0.1, 0.15) is 40.0 Å². The van der Waals surface area contributed by atoms with Crippen LogP contribution in [0.4, 0.5) is 22.5 Å². The zero-order valence-corrected chi connectivity index (χ0v) is 26.0. The molecule has 43 heavy (non-hydrogen) atoms. The summed E-state index contributed by atoms with van der Waals surface area (Å²) in [5.41, 5.74) is 6.02. The quantitative estimate of drug-likeness (QED) is 0.320. The molecule has 1 unspecified atom stereocenters. The second kappa shape index (κ2) is 11.7. The first-order valence-electron chi connectivity index (χ1n) is 14.3. The van der Waals surface area contributed by atoms with Gasteiger partial charge in [0.2, 0.25) is 11.9 Å². The Kier molecular flexibility index (Phi) is 7.94. The van der Waals surface area contributed by atoms with E-state index in [2.05, 4.69) is 35.1 Å². The summed E-state index contributed by atoms with van der Waals surface area (Å²) in [5, 5.41) is 3.64. The summed E-state index contributed by atoms with van der Waals surface area (Å²) in [4.78, 5) is 41.5. The van der Waals surface area contributed by atoms with Crippen molar-refractivity contribution < 1.29 is 9.53 Å². The number of hydrogen-bond donors (Lipinski definition) is 2. The zero-order valence-electron chi connectivity index (χ0n) is 24.4. The maximum atomic E-state index is 13.0. The number of imidazole rings is 1. The fraction of sp³-hybridized carbons (Fsp3) is 0.448. The number of nitrogens with one attached hydrogen (secondary N) is 1. The highest BCUT2D eigenvalue weighted by atomic mass is 35.5. The molecule has 4 aromatic heterocycles. The number of anilines is 3. The molecule has 2 fully saturated rings. The number of aromatic nitrogens is 6. The van der Waals surface area contributed by atoms with Gasteiger partial charge in [-0.15, -0.1) is 0 Å². The lowest BCUT2D eigenvalue weighted by molar-refractivity contribution is 0.0378. The number of fused-ring (bicyclic) bond motifs is 1. The van der Waals surface area contributed by atoms with E-state index in [1.807, 2.05) is 49.7 Å². The number of nitrogens with two attached hydrogens (primary N) is 1. The number of carbonyl (C=O) groups is 1. The highest BCUT2D eigenvalue weighted by molar-refractivity contribution is 7.99. The molecule has 1 atom stereocenters. The monoisotopic (exact) mass is 622 g/mol. The van der Waals surface area contributed by atoms with Crippen molar-refractivity contribution in [2.45, 2.75) is 61.5 Å². The Morgan fingerprint density at radius 2 is 1.74 bits per heavy atom. The number of alkyl carbamates (subject to hydrolysis) is 1. The van der Waals surface area contributed by atoms with Crippen LogP contribution in [0.2, 0.25) is 5.02 Å². The van der Waals surface area contributed by atoms with Crippen LogP contribution in [0.25, 0.3) is 5.65 Å². The normalized spacial score (nSPS) is 18.7. The summed E-state index contributed by atoms with van der Waals surface area (Å²) in [6.07, 6.45) is 13.0. The molecule has 0 aromatic carbocycles. The van der Waals surface area contributed by atoms with E-state index in [-0.39, 0.29) is 11.5 Å². The number of nitrogen functional groups attached to an aromatic ring is 1. The molecule has 2 saturated heterocycles. The van der Waals surface area contributed by atoms with Crippen LogP contribution < -0.4 is 20.9 Å². The van der Waals surface area contributed by atoms with Gasteiger partial charge in [-0.3, -0.25) is 4.40 Å². The van der Waals surface area contributed by atoms with E-state index < -0.39 is 11.7 Å². The lowest BCUT2D eigenvalue weighted by Crippen LogP contribution is -2.62. The molecule has 3 N–H and O–H groups in total. The number of carbonyl (C=O) groups excluding carboxylic acids is 1. The first-order chi connectivity index (χ1) is 20.6. The van der Waals surface area contributed by atoms with Crippen LogP contribution >= 0.6 is 23.4 Å². The van der Waals surface area contributed by atoms with E-state index in [1.165, 1.54) is 11.8 Å². The summed E-state index contributed by atoms with van der Waals surface area (Å²) in [6, 6.07) is 3.51. The first-order valence-corrected chi connectivity index (χ1v) is 15.5. The third-order valence-corrected chi connectivity index (χ3v) is 9.64. The molecule has 14 heteroatoms. The Bertz CT molecular complexity index is 1600. The van der Waals surface area contributed by atoms with Crippen molar-refractivity contribution in [3.8, 4) is 0 Å². The summed E-state index contributed by atoms with van der Waals surface area (Å²) in [6.45, 7) is 8.62. The Balaban J connectivity index is 1.21. The van der Waals surface area contributed by atoms with E-state index in [0.29, 0.717) is 23.3 Å². The lowest BCUT2D eigenvalue weighted by atomic mass is 9.68. The highest BCUT2D eigenvalue weighted by Crippen LogP contribution is 2.43. The first kappa shape index (κ1) is 29.2.